The maximum atomic E-state index is 13.1. The summed E-state index contributed by atoms with van der Waals surface area (Å²) in [6.45, 7) is 0. The highest BCUT2D eigenvalue weighted by atomic mass is 127. The van der Waals surface area contributed by atoms with Gasteiger partial charge in [-0.25, -0.2) is 9.37 Å². The average molecular weight is 370 g/mol. The van der Waals surface area contributed by atoms with Gasteiger partial charge in [-0.2, -0.15) is 9.97 Å². The van der Waals surface area contributed by atoms with Crippen molar-refractivity contribution < 1.29 is 4.39 Å². The normalized spacial score (nSPS) is 10.8. The van der Waals surface area contributed by atoms with E-state index >= 15 is 0 Å². The van der Waals surface area contributed by atoms with E-state index in [-0.39, 0.29) is 11.8 Å². The first-order chi connectivity index (χ1) is 9.13. The highest BCUT2D eigenvalue weighted by Gasteiger charge is 2.10. The van der Waals surface area contributed by atoms with Crippen LogP contribution in [0.4, 0.5) is 21.8 Å². The van der Waals surface area contributed by atoms with Gasteiger partial charge in [-0.05, 0) is 40.8 Å². The van der Waals surface area contributed by atoms with E-state index in [1.807, 2.05) is 22.6 Å². The van der Waals surface area contributed by atoms with Gasteiger partial charge in [0, 0.05) is 3.57 Å². The zero-order chi connectivity index (χ0) is 13.4. The Bertz CT molecular complexity index is 756. The summed E-state index contributed by atoms with van der Waals surface area (Å²) < 4.78 is 13.8. The molecule has 0 atom stereocenters. The van der Waals surface area contributed by atoms with Gasteiger partial charge in [0.2, 0.25) is 5.95 Å². The van der Waals surface area contributed by atoms with Crippen molar-refractivity contribution in [3.8, 4) is 0 Å². The predicted octanol–water partition coefficient (Wildman–Crippen LogP) is 2.42. The summed E-state index contributed by atoms with van der Waals surface area (Å²) in [5.74, 6) is 0.340. The molecule has 0 aliphatic rings. The molecule has 0 saturated carbocycles. The first-order valence-corrected chi connectivity index (χ1v) is 6.40. The SMILES string of the molecule is Nc1nc(Nc2ccc(F)cc2I)c2[nH]cnc2n1. The summed E-state index contributed by atoms with van der Waals surface area (Å²) in [5, 5.41) is 3.09. The first-order valence-electron chi connectivity index (χ1n) is 5.32. The zero-order valence-corrected chi connectivity index (χ0v) is 11.6. The van der Waals surface area contributed by atoms with E-state index in [2.05, 4.69) is 25.3 Å². The summed E-state index contributed by atoms with van der Waals surface area (Å²) in [6.07, 6.45) is 1.51. The van der Waals surface area contributed by atoms with Crippen LogP contribution in [-0.2, 0) is 0 Å². The number of anilines is 3. The Kier molecular flexibility index (Phi) is 2.93. The van der Waals surface area contributed by atoms with Gasteiger partial charge in [0.15, 0.2) is 11.5 Å². The third-order valence-electron chi connectivity index (χ3n) is 2.49. The third kappa shape index (κ3) is 2.30. The number of hydrogen-bond donors (Lipinski definition) is 3. The van der Waals surface area contributed by atoms with E-state index in [4.69, 9.17) is 5.73 Å². The van der Waals surface area contributed by atoms with Crippen LogP contribution in [0.15, 0.2) is 24.5 Å². The second-order valence-corrected chi connectivity index (χ2v) is 4.94. The van der Waals surface area contributed by atoms with Crippen molar-refractivity contribution in [1.82, 2.24) is 19.9 Å². The highest BCUT2D eigenvalue weighted by Crippen LogP contribution is 2.25. The molecule has 0 aliphatic heterocycles. The van der Waals surface area contributed by atoms with Crippen LogP contribution in [0.2, 0.25) is 0 Å². The van der Waals surface area contributed by atoms with Crippen molar-refractivity contribution in [2.75, 3.05) is 11.1 Å². The van der Waals surface area contributed by atoms with Crippen molar-refractivity contribution >= 4 is 51.2 Å². The Labute approximate surface area is 120 Å². The Morgan fingerprint density at radius 1 is 1.32 bits per heavy atom. The predicted molar refractivity (Wildman–Crippen MR) is 78.5 cm³/mol. The fourth-order valence-electron chi connectivity index (χ4n) is 1.66. The molecule has 2 heterocycles. The van der Waals surface area contributed by atoms with E-state index in [0.717, 1.165) is 9.26 Å². The van der Waals surface area contributed by atoms with Crippen molar-refractivity contribution in [1.29, 1.82) is 0 Å². The number of benzene rings is 1. The van der Waals surface area contributed by atoms with Gasteiger partial charge >= 0.3 is 0 Å². The van der Waals surface area contributed by atoms with Gasteiger partial charge in [0.25, 0.3) is 0 Å². The molecule has 4 N–H and O–H groups in total. The second kappa shape index (κ2) is 4.61. The molecule has 2 aromatic heterocycles. The molecular weight excluding hydrogens is 362 g/mol. The average Bonchev–Trinajstić information content (AvgIpc) is 2.80. The summed E-state index contributed by atoms with van der Waals surface area (Å²) in [7, 11) is 0. The van der Waals surface area contributed by atoms with Crippen molar-refractivity contribution in [3.05, 3.63) is 33.9 Å². The highest BCUT2D eigenvalue weighted by molar-refractivity contribution is 14.1. The number of aromatic nitrogens is 4. The molecule has 0 radical (unpaired) electrons. The number of halogens is 2. The van der Waals surface area contributed by atoms with Crippen LogP contribution in [0.1, 0.15) is 0 Å². The zero-order valence-electron chi connectivity index (χ0n) is 9.48. The van der Waals surface area contributed by atoms with E-state index in [0.29, 0.717) is 17.0 Å². The molecule has 0 unspecified atom stereocenters. The molecule has 6 nitrogen and oxygen atoms in total. The van der Waals surface area contributed by atoms with Gasteiger partial charge in [-0.15, -0.1) is 0 Å². The van der Waals surface area contributed by atoms with Crippen LogP contribution in [0.3, 0.4) is 0 Å². The summed E-state index contributed by atoms with van der Waals surface area (Å²) in [6, 6.07) is 4.44. The standard InChI is InChI=1S/C11H8FIN6/c12-5-1-2-7(6(13)3-5)17-10-8-9(16-4-15-8)18-11(14)19-10/h1-4H,(H4,14,15,16,17,18,19). The number of nitrogen functional groups attached to an aromatic ring is 1. The number of nitrogens with two attached hydrogens (primary N) is 1. The molecule has 3 rings (SSSR count). The number of H-pyrrole nitrogens is 1. The number of hydrogen-bond acceptors (Lipinski definition) is 5. The van der Waals surface area contributed by atoms with Crippen LogP contribution < -0.4 is 11.1 Å². The topological polar surface area (TPSA) is 92.5 Å². The lowest BCUT2D eigenvalue weighted by molar-refractivity contribution is 0.627. The molecule has 8 heteroatoms. The lowest BCUT2D eigenvalue weighted by Gasteiger charge is -2.08. The molecule has 3 aromatic rings. The molecule has 0 amide bonds. The number of nitrogens with zero attached hydrogens (tertiary/aromatic N) is 3. The lowest BCUT2D eigenvalue weighted by atomic mass is 10.3. The van der Waals surface area contributed by atoms with Crippen LogP contribution in [0, 0.1) is 9.39 Å². The minimum absolute atomic E-state index is 0.124. The molecule has 0 bridgehead atoms. The Morgan fingerprint density at radius 2 is 2.16 bits per heavy atom. The molecule has 0 aliphatic carbocycles. The molecular formula is C11H8FIN6. The maximum absolute atomic E-state index is 13.1. The van der Waals surface area contributed by atoms with E-state index < -0.39 is 0 Å². The van der Waals surface area contributed by atoms with Gasteiger partial charge in [-0.1, -0.05) is 0 Å². The Morgan fingerprint density at radius 3 is 2.95 bits per heavy atom. The monoisotopic (exact) mass is 370 g/mol. The molecule has 1 aromatic carbocycles. The van der Waals surface area contributed by atoms with E-state index in [1.54, 1.807) is 6.07 Å². The molecule has 0 spiro atoms. The van der Waals surface area contributed by atoms with Crippen molar-refractivity contribution in [2.24, 2.45) is 0 Å². The molecule has 0 fully saturated rings. The van der Waals surface area contributed by atoms with Crippen molar-refractivity contribution in [3.63, 3.8) is 0 Å². The van der Waals surface area contributed by atoms with Crippen LogP contribution in [-0.4, -0.2) is 19.9 Å². The van der Waals surface area contributed by atoms with Gasteiger partial charge in [-0.3, -0.25) is 0 Å². The quantitative estimate of drug-likeness (QED) is 0.603. The Hall–Kier alpha value is -1.97. The molecule has 19 heavy (non-hydrogen) atoms. The largest absolute Gasteiger partial charge is 0.368 e. The minimum atomic E-state index is -0.288. The number of fused-ring (bicyclic) bond motifs is 1. The van der Waals surface area contributed by atoms with Crippen LogP contribution in [0.25, 0.3) is 11.2 Å². The fraction of sp³-hybridized carbons (Fsp3) is 0. The van der Waals surface area contributed by atoms with Crippen LogP contribution >= 0.6 is 22.6 Å². The van der Waals surface area contributed by atoms with Crippen LogP contribution in [0.5, 0.6) is 0 Å². The number of nitrogens with one attached hydrogen (secondary N) is 2. The van der Waals surface area contributed by atoms with Crippen molar-refractivity contribution in [2.45, 2.75) is 0 Å². The minimum Gasteiger partial charge on any atom is -0.368 e. The van der Waals surface area contributed by atoms with Gasteiger partial charge in [0.1, 0.15) is 11.3 Å². The first kappa shape index (κ1) is 12.1. The summed E-state index contributed by atoms with van der Waals surface area (Å²) >= 11 is 2.04. The summed E-state index contributed by atoms with van der Waals surface area (Å²) in [4.78, 5) is 15.1. The second-order valence-electron chi connectivity index (χ2n) is 3.78. The van der Waals surface area contributed by atoms with E-state index in [1.165, 1.54) is 18.5 Å². The molecule has 96 valence electrons. The number of imidazole rings is 1. The number of rotatable bonds is 2. The maximum Gasteiger partial charge on any atom is 0.224 e. The lowest BCUT2D eigenvalue weighted by Crippen LogP contribution is -2.02. The van der Waals surface area contributed by atoms with E-state index in [9.17, 15) is 4.39 Å². The summed E-state index contributed by atoms with van der Waals surface area (Å²) in [5.41, 5.74) is 7.48. The number of aromatic amines is 1. The van der Waals surface area contributed by atoms with Gasteiger partial charge in [0.05, 0.1) is 12.0 Å². The van der Waals surface area contributed by atoms with Gasteiger partial charge < -0.3 is 16.0 Å². The molecule has 0 saturated heterocycles. The third-order valence-corrected chi connectivity index (χ3v) is 3.38. The Balaban J connectivity index is 2.07. The fourth-order valence-corrected chi connectivity index (χ4v) is 2.27. The smallest absolute Gasteiger partial charge is 0.224 e.